The topological polar surface area (TPSA) is 53.1 Å². The zero-order chi connectivity index (χ0) is 15.6. The summed E-state index contributed by atoms with van der Waals surface area (Å²) in [5.74, 6) is 2.17. The molecule has 1 aromatic heterocycles. The van der Waals surface area contributed by atoms with E-state index in [1.54, 1.807) is 11.8 Å². The van der Waals surface area contributed by atoms with Gasteiger partial charge in [-0.2, -0.15) is 5.10 Å². The Morgan fingerprint density at radius 1 is 1.33 bits per heavy atom. The van der Waals surface area contributed by atoms with E-state index in [9.17, 15) is 0 Å². The molecule has 0 fully saturated rings. The number of nitrogen functional groups attached to an aromatic ring is 1. The van der Waals surface area contributed by atoms with Crippen LogP contribution in [0.2, 0.25) is 0 Å². The van der Waals surface area contributed by atoms with Gasteiger partial charge in [-0.05, 0) is 37.8 Å². The number of anilines is 1. The Morgan fingerprint density at radius 2 is 2.05 bits per heavy atom. The average molecular weight is 287 g/mol. The molecule has 1 heterocycles. The summed E-state index contributed by atoms with van der Waals surface area (Å²) in [5.41, 5.74) is 10.5. The van der Waals surface area contributed by atoms with Crippen molar-refractivity contribution in [3.63, 3.8) is 0 Å². The first-order chi connectivity index (χ1) is 9.93. The third kappa shape index (κ3) is 3.20. The second-order valence-corrected chi connectivity index (χ2v) is 5.97. The second kappa shape index (κ2) is 6.20. The van der Waals surface area contributed by atoms with Gasteiger partial charge in [0.05, 0.1) is 18.4 Å². The van der Waals surface area contributed by atoms with Crippen LogP contribution in [0.25, 0.3) is 11.1 Å². The summed E-state index contributed by atoms with van der Waals surface area (Å²) in [6.07, 6.45) is 2.02. The molecular weight excluding hydrogens is 262 g/mol. The Kier molecular flexibility index (Phi) is 4.56. The lowest BCUT2D eigenvalue weighted by Gasteiger charge is -2.11. The molecule has 21 heavy (non-hydrogen) atoms. The molecule has 2 N–H and O–H groups in total. The van der Waals surface area contributed by atoms with Crippen LogP contribution in [0.3, 0.4) is 0 Å². The number of ether oxygens (including phenoxy) is 1. The summed E-state index contributed by atoms with van der Waals surface area (Å²) in [6.45, 7) is 6.52. The number of benzene rings is 1. The lowest BCUT2D eigenvalue weighted by atomic mass is 9.98. The van der Waals surface area contributed by atoms with Crippen LogP contribution < -0.4 is 10.5 Å². The number of aryl methyl sites for hydroxylation is 3. The summed E-state index contributed by atoms with van der Waals surface area (Å²) in [5, 5.41) is 4.60. The van der Waals surface area contributed by atoms with E-state index in [-0.39, 0.29) is 0 Å². The van der Waals surface area contributed by atoms with E-state index in [1.165, 1.54) is 5.56 Å². The molecule has 0 unspecified atom stereocenters. The Labute approximate surface area is 126 Å². The van der Waals surface area contributed by atoms with Gasteiger partial charge in [-0.25, -0.2) is 0 Å². The van der Waals surface area contributed by atoms with E-state index in [4.69, 9.17) is 10.5 Å². The number of aromatic nitrogens is 2. The lowest BCUT2D eigenvalue weighted by molar-refractivity contribution is 0.416. The van der Waals surface area contributed by atoms with Crippen LogP contribution in [-0.4, -0.2) is 16.9 Å². The molecule has 4 nitrogen and oxygen atoms in total. The fourth-order valence-corrected chi connectivity index (χ4v) is 2.51. The molecule has 0 amide bonds. The van der Waals surface area contributed by atoms with Gasteiger partial charge in [0.1, 0.15) is 11.6 Å². The van der Waals surface area contributed by atoms with Crippen LogP contribution in [0.15, 0.2) is 18.2 Å². The SMILES string of the molecule is COc1ccc(C)cc1-c1c(CCC(C)C)nn(C)c1N. The van der Waals surface area contributed by atoms with Gasteiger partial charge in [0, 0.05) is 12.6 Å². The Bertz CT molecular complexity index is 629. The van der Waals surface area contributed by atoms with E-state index >= 15 is 0 Å². The minimum atomic E-state index is 0.639. The van der Waals surface area contributed by atoms with Crippen LogP contribution in [-0.2, 0) is 13.5 Å². The van der Waals surface area contributed by atoms with Gasteiger partial charge in [0.15, 0.2) is 0 Å². The van der Waals surface area contributed by atoms with Gasteiger partial charge in [-0.1, -0.05) is 25.5 Å². The van der Waals surface area contributed by atoms with Crippen molar-refractivity contribution in [3.8, 4) is 16.9 Å². The van der Waals surface area contributed by atoms with Gasteiger partial charge < -0.3 is 10.5 Å². The average Bonchev–Trinajstić information content (AvgIpc) is 2.72. The van der Waals surface area contributed by atoms with Crippen molar-refractivity contribution in [1.29, 1.82) is 0 Å². The molecule has 4 heteroatoms. The predicted octanol–water partition coefficient (Wildman–Crippen LogP) is 3.57. The van der Waals surface area contributed by atoms with Gasteiger partial charge in [-0.3, -0.25) is 4.68 Å². The number of methoxy groups -OCH3 is 1. The quantitative estimate of drug-likeness (QED) is 0.914. The highest BCUT2D eigenvalue weighted by molar-refractivity contribution is 5.81. The summed E-state index contributed by atoms with van der Waals surface area (Å²) in [6, 6.07) is 6.15. The van der Waals surface area contributed by atoms with Crippen LogP contribution in [0.5, 0.6) is 5.75 Å². The summed E-state index contributed by atoms with van der Waals surface area (Å²) in [4.78, 5) is 0. The fourth-order valence-electron chi connectivity index (χ4n) is 2.51. The van der Waals surface area contributed by atoms with Gasteiger partial charge in [0.2, 0.25) is 0 Å². The molecule has 2 aromatic rings. The van der Waals surface area contributed by atoms with Crippen LogP contribution in [0, 0.1) is 12.8 Å². The summed E-state index contributed by atoms with van der Waals surface area (Å²) >= 11 is 0. The maximum absolute atomic E-state index is 6.26. The van der Waals surface area contributed by atoms with Gasteiger partial charge >= 0.3 is 0 Å². The number of hydrogen-bond acceptors (Lipinski definition) is 3. The molecule has 0 saturated carbocycles. The number of hydrogen-bond donors (Lipinski definition) is 1. The third-order valence-corrected chi connectivity index (χ3v) is 3.75. The van der Waals surface area contributed by atoms with Crippen molar-refractivity contribution in [1.82, 2.24) is 9.78 Å². The summed E-state index contributed by atoms with van der Waals surface area (Å²) in [7, 11) is 3.58. The highest BCUT2D eigenvalue weighted by atomic mass is 16.5. The largest absolute Gasteiger partial charge is 0.496 e. The monoisotopic (exact) mass is 287 g/mol. The van der Waals surface area contributed by atoms with Gasteiger partial charge in [-0.15, -0.1) is 0 Å². The van der Waals surface area contributed by atoms with E-state index in [1.807, 2.05) is 19.2 Å². The standard InChI is InChI=1S/C17H25N3O/c1-11(2)6-8-14-16(17(18)20(4)19-14)13-10-12(3)7-9-15(13)21-5/h7,9-11H,6,8,18H2,1-5H3. The number of nitrogens with zero attached hydrogens (tertiary/aromatic N) is 2. The number of nitrogens with two attached hydrogens (primary N) is 1. The van der Waals surface area contributed by atoms with E-state index in [2.05, 4.69) is 31.9 Å². The first-order valence-corrected chi connectivity index (χ1v) is 7.40. The molecule has 0 spiro atoms. The maximum Gasteiger partial charge on any atom is 0.129 e. The molecule has 0 aliphatic heterocycles. The molecular formula is C17H25N3O. The molecule has 0 aliphatic rings. The molecule has 2 rings (SSSR count). The molecule has 0 radical (unpaired) electrons. The van der Waals surface area contributed by atoms with Crippen molar-refractivity contribution in [2.75, 3.05) is 12.8 Å². The predicted molar refractivity (Wildman–Crippen MR) is 87.5 cm³/mol. The van der Waals surface area contributed by atoms with E-state index < -0.39 is 0 Å². The molecule has 114 valence electrons. The Balaban J connectivity index is 2.54. The normalized spacial score (nSPS) is 11.1. The van der Waals surface area contributed by atoms with Crippen LogP contribution in [0.1, 0.15) is 31.5 Å². The van der Waals surface area contributed by atoms with Crippen molar-refractivity contribution in [2.45, 2.75) is 33.6 Å². The zero-order valence-electron chi connectivity index (χ0n) is 13.6. The van der Waals surface area contributed by atoms with Crippen molar-refractivity contribution < 1.29 is 4.74 Å². The van der Waals surface area contributed by atoms with Crippen molar-refractivity contribution in [3.05, 3.63) is 29.5 Å². The molecule has 0 aliphatic carbocycles. The van der Waals surface area contributed by atoms with Crippen molar-refractivity contribution in [2.24, 2.45) is 13.0 Å². The molecule has 0 atom stereocenters. The van der Waals surface area contributed by atoms with Crippen LogP contribution in [0.4, 0.5) is 5.82 Å². The summed E-state index contributed by atoms with van der Waals surface area (Å²) < 4.78 is 7.26. The highest BCUT2D eigenvalue weighted by Gasteiger charge is 2.19. The lowest BCUT2D eigenvalue weighted by Crippen LogP contribution is -1.98. The van der Waals surface area contributed by atoms with Crippen molar-refractivity contribution >= 4 is 5.82 Å². The minimum absolute atomic E-state index is 0.639. The Hall–Kier alpha value is -1.97. The highest BCUT2D eigenvalue weighted by Crippen LogP contribution is 2.37. The Morgan fingerprint density at radius 3 is 2.67 bits per heavy atom. The zero-order valence-corrected chi connectivity index (χ0v) is 13.6. The van der Waals surface area contributed by atoms with E-state index in [0.29, 0.717) is 11.7 Å². The van der Waals surface area contributed by atoms with E-state index in [0.717, 1.165) is 35.4 Å². The third-order valence-electron chi connectivity index (χ3n) is 3.75. The molecule has 1 aromatic carbocycles. The fraction of sp³-hybridized carbons (Fsp3) is 0.471. The van der Waals surface area contributed by atoms with Crippen LogP contribution >= 0.6 is 0 Å². The van der Waals surface area contributed by atoms with Gasteiger partial charge in [0.25, 0.3) is 0 Å². The minimum Gasteiger partial charge on any atom is -0.496 e. The first kappa shape index (κ1) is 15.4. The molecule has 0 bridgehead atoms. The first-order valence-electron chi connectivity index (χ1n) is 7.40. The smallest absolute Gasteiger partial charge is 0.129 e. The number of rotatable bonds is 5. The maximum atomic E-state index is 6.26. The second-order valence-electron chi connectivity index (χ2n) is 5.97. The molecule has 0 saturated heterocycles.